The highest BCUT2D eigenvalue weighted by Gasteiger charge is 2.26. The maximum atomic E-state index is 12.0. The summed E-state index contributed by atoms with van der Waals surface area (Å²) in [4.78, 5) is 12.0. The predicted molar refractivity (Wildman–Crippen MR) is 69.3 cm³/mol. The number of nitrogens with one attached hydrogen (secondary N) is 1. The van der Waals surface area contributed by atoms with E-state index in [-0.39, 0.29) is 24.0 Å². The summed E-state index contributed by atoms with van der Waals surface area (Å²) in [6.07, 6.45) is 0.561. The van der Waals surface area contributed by atoms with Gasteiger partial charge in [-0.2, -0.15) is 4.37 Å². The Morgan fingerprint density at radius 3 is 2.65 bits per heavy atom. The molecule has 0 saturated heterocycles. The minimum Gasteiger partial charge on any atom is -0.396 e. The molecule has 0 saturated carbocycles. The van der Waals surface area contributed by atoms with Crippen LogP contribution >= 0.6 is 11.5 Å². The molecule has 1 amide bonds. The molecular weight excluding hydrogens is 236 g/mol. The molecule has 5 heteroatoms. The molecule has 1 rings (SSSR count). The smallest absolute Gasteiger partial charge is 0.254 e. The van der Waals surface area contributed by atoms with Crippen molar-refractivity contribution >= 4 is 17.4 Å². The largest absolute Gasteiger partial charge is 0.396 e. The third-order valence-electron chi connectivity index (χ3n) is 2.76. The zero-order valence-corrected chi connectivity index (χ0v) is 11.6. The number of hydrogen-bond acceptors (Lipinski definition) is 4. The van der Waals surface area contributed by atoms with Crippen LogP contribution in [0.5, 0.6) is 0 Å². The van der Waals surface area contributed by atoms with E-state index in [0.29, 0.717) is 12.0 Å². The molecule has 1 atom stereocenters. The lowest BCUT2D eigenvalue weighted by Crippen LogP contribution is -2.44. The van der Waals surface area contributed by atoms with E-state index < -0.39 is 0 Å². The molecule has 0 aliphatic rings. The van der Waals surface area contributed by atoms with E-state index in [1.807, 2.05) is 27.7 Å². The second-order valence-corrected chi connectivity index (χ2v) is 5.85. The summed E-state index contributed by atoms with van der Waals surface area (Å²) in [7, 11) is 0. The van der Waals surface area contributed by atoms with Gasteiger partial charge in [-0.25, -0.2) is 0 Å². The molecule has 1 heterocycles. The monoisotopic (exact) mass is 256 g/mol. The zero-order valence-electron chi connectivity index (χ0n) is 10.8. The molecule has 17 heavy (non-hydrogen) atoms. The SMILES string of the molecule is Cc1nscc1C(=O)NC(CCO)C(C)(C)C. The molecule has 2 N–H and O–H groups in total. The van der Waals surface area contributed by atoms with Crippen molar-refractivity contribution in [2.75, 3.05) is 6.61 Å². The Hall–Kier alpha value is -0.940. The first-order valence-electron chi connectivity index (χ1n) is 5.69. The van der Waals surface area contributed by atoms with Gasteiger partial charge >= 0.3 is 0 Å². The highest BCUT2D eigenvalue weighted by molar-refractivity contribution is 7.03. The first-order chi connectivity index (χ1) is 7.86. The van der Waals surface area contributed by atoms with Gasteiger partial charge in [-0.15, -0.1) is 0 Å². The number of aliphatic hydroxyl groups excluding tert-OH is 1. The Bertz CT molecular complexity index is 382. The predicted octanol–water partition coefficient (Wildman–Crippen LogP) is 1.98. The Morgan fingerprint density at radius 1 is 1.59 bits per heavy atom. The van der Waals surface area contributed by atoms with E-state index in [4.69, 9.17) is 5.11 Å². The van der Waals surface area contributed by atoms with Crippen LogP contribution < -0.4 is 5.32 Å². The van der Waals surface area contributed by atoms with Crippen LogP contribution in [0.25, 0.3) is 0 Å². The van der Waals surface area contributed by atoms with Crippen LogP contribution in [0.4, 0.5) is 0 Å². The van der Waals surface area contributed by atoms with Crippen LogP contribution in [0.3, 0.4) is 0 Å². The van der Waals surface area contributed by atoms with E-state index >= 15 is 0 Å². The summed E-state index contributed by atoms with van der Waals surface area (Å²) in [6.45, 7) is 8.04. The maximum absolute atomic E-state index is 12.0. The Kier molecular flexibility index (Phi) is 4.65. The van der Waals surface area contributed by atoms with E-state index in [1.165, 1.54) is 11.5 Å². The summed E-state index contributed by atoms with van der Waals surface area (Å²) in [6, 6.07) is -0.0423. The number of hydrogen-bond donors (Lipinski definition) is 2. The molecule has 0 spiro atoms. The topological polar surface area (TPSA) is 62.2 Å². The highest BCUT2D eigenvalue weighted by Crippen LogP contribution is 2.22. The minimum atomic E-state index is -0.107. The van der Waals surface area contributed by atoms with Gasteiger partial charge in [-0.1, -0.05) is 20.8 Å². The van der Waals surface area contributed by atoms with Crippen molar-refractivity contribution in [3.8, 4) is 0 Å². The Labute approximate surface area is 106 Å². The van der Waals surface area contributed by atoms with Crippen molar-refractivity contribution in [2.24, 2.45) is 5.41 Å². The van der Waals surface area contributed by atoms with Gasteiger partial charge in [-0.3, -0.25) is 4.79 Å². The molecule has 0 aliphatic heterocycles. The number of carbonyl (C=O) groups is 1. The van der Waals surface area contributed by atoms with Crippen molar-refractivity contribution in [1.82, 2.24) is 9.69 Å². The van der Waals surface area contributed by atoms with Gasteiger partial charge in [0.05, 0.1) is 11.3 Å². The number of aliphatic hydroxyl groups is 1. The van der Waals surface area contributed by atoms with Crippen LogP contribution in [0, 0.1) is 12.3 Å². The van der Waals surface area contributed by atoms with Crippen molar-refractivity contribution < 1.29 is 9.90 Å². The molecule has 0 aromatic carbocycles. The fourth-order valence-electron chi connectivity index (χ4n) is 1.60. The molecule has 1 unspecified atom stereocenters. The van der Waals surface area contributed by atoms with Gasteiger partial charge in [0.2, 0.25) is 0 Å². The maximum Gasteiger partial charge on any atom is 0.254 e. The fraction of sp³-hybridized carbons (Fsp3) is 0.667. The molecule has 0 radical (unpaired) electrons. The summed E-state index contributed by atoms with van der Waals surface area (Å²) in [5, 5.41) is 13.8. The van der Waals surface area contributed by atoms with E-state index in [0.717, 1.165) is 5.69 Å². The van der Waals surface area contributed by atoms with Gasteiger partial charge in [0.25, 0.3) is 5.91 Å². The van der Waals surface area contributed by atoms with E-state index in [2.05, 4.69) is 9.69 Å². The number of aryl methyl sites for hydroxylation is 1. The number of amides is 1. The average Bonchev–Trinajstić information content (AvgIpc) is 2.62. The van der Waals surface area contributed by atoms with Gasteiger partial charge in [0.1, 0.15) is 0 Å². The third-order valence-corrected chi connectivity index (χ3v) is 3.48. The van der Waals surface area contributed by atoms with Gasteiger partial charge < -0.3 is 10.4 Å². The average molecular weight is 256 g/mol. The Balaban J connectivity index is 2.75. The van der Waals surface area contributed by atoms with Crippen LogP contribution in [0.2, 0.25) is 0 Å². The molecule has 0 fully saturated rings. The first kappa shape index (κ1) is 14.1. The molecule has 4 nitrogen and oxygen atoms in total. The number of carbonyl (C=O) groups excluding carboxylic acids is 1. The molecule has 1 aromatic heterocycles. The lowest BCUT2D eigenvalue weighted by molar-refractivity contribution is 0.0885. The van der Waals surface area contributed by atoms with Gasteiger partial charge in [0.15, 0.2) is 0 Å². The fourth-order valence-corrected chi connectivity index (χ4v) is 2.29. The normalized spacial score (nSPS) is 13.5. The summed E-state index contributed by atoms with van der Waals surface area (Å²) in [5.41, 5.74) is 1.31. The number of aromatic nitrogens is 1. The summed E-state index contributed by atoms with van der Waals surface area (Å²) in [5.74, 6) is -0.107. The van der Waals surface area contributed by atoms with Crippen molar-refractivity contribution in [1.29, 1.82) is 0 Å². The summed E-state index contributed by atoms with van der Waals surface area (Å²) >= 11 is 1.28. The van der Waals surface area contributed by atoms with Crippen LogP contribution in [0.15, 0.2) is 5.38 Å². The zero-order chi connectivity index (χ0) is 13.1. The first-order valence-corrected chi connectivity index (χ1v) is 6.52. The summed E-state index contributed by atoms with van der Waals surface area (Å²) < 4.78 is 4.08. The van der Waals surface area contributed by atoms with Crippen LogP contribution in [0.1, 0.15) is 43.2 Å². The molecule has 96 valence electrons. The molecule has 0 aliphatic carbocycles. The molecule has 0 bridgehead atoms. The third kappa shape index (κ3) is 3.78. The lowest BCUT2D eigenvalue weighted by atomic mass is 9.85. The van der Waals surface area contributed by atoms with Crippen molar-refractivity contribution in [2.45, 2.75) is 40.2 Å². The van der Waals surface area contributed by atoms with Crippen molar-refractivity contribution in [3.63, 3.8) is 0 Å². The van der Waals surface area contributed by atoms with Crippen LogP contribution in [-0.2, 0) is 0 Å². The second kappa shape index (κ2) is 5.60. The van der Waals surface area contributed by atoms with E-state index in [9.17, 15) is 4.79 Å². The van der Waals surface area contributed by atoms with Crippen LogP contribution in [-0.4, -0.2) is 28.0 Å². The quantitative estimate of drug-likeness (QED) is 0.866. The number of nitrogens with zero attached hydrogens (tertiary/aromatic N) is 1. The Morgan fingerprint density at radius 2 is 2.24 bits per heavy atom. The van der Waals surface area contributed by atoms with E-state index in [1.54, 1.807) is 5.38 Å². The minimum absolute atomic E-state index is 0.0423. The lowest BCUT2D eigenvalue weighted by Gasteiger charge is -2.31. The van der Waals surface area contributed by atoms with Crippen molar-refractivity contribution in [3.05, 3.63) is 16.6 Å². The molecule has 1 aromatic rings. The second-order valence-electron chi connectivity index (χ2n) is 5.22. The number of rotatable bonds is 4. The highest BCUT2D eigenvalue weighted by atomic mass is 32.1. The standard InChI is InChI=1S/C12H20N2O2S/c1-8-9(7-17-14-8)11(16)13-10(5-6-15)12(2,3)4/h7,10,15H,5-6H2,1-4H3,(H,13,16). The van der Waals surface area contributed by atoms with Gasteiger partial charge in [0, 0.05) is 18.0 Å². The molecular formula is C12H20N2O2S. The van der Waals surface area contributed by atoms with Gasteiger partial charge in [-0.05, 0) is 30.3 Å².